The molecule has 0 unspecified atom stereocenters. The topological polar surface area (TPSA) is 46.5 Å². The van der Waals surface area contributed by atoms with Gasteiger partial charge >= 0.3 is 5.97 Å². The molecule has 0 atom stereocenters. The molecule has 2 aromatic carbocycles. The average molecular weight is 270 g/mol. The van der Waals surface area contributed by atoms with E-state index in [4.69, 9.17) is 4.74 Å². The van der Waals surface area contributed by atoms with E-state index >= 15 is 0 Å². The molecule has 0 amide bonds. The summed E-state index contributed by atoms with van der Waals surface area (Å²) in [6, 6.07) is 9.32. The van der Waals surface area contributed by atoms with Crippen LogP contribution in [0.3, 0.4) is 0 Å². The number of rotatable bonds is 3. The maximum atomic E-state index is 11.4. The molecule has 104 valence electrons. The van der Waals surface area contributed by atoms with E-state index in [0.29, 0.717) is 5.56 Å². The molecule has 3 nitrogen and oxygen atoms in total. The van der Waals surface area contributed by atoms with Crippen molar-refractivity contribution in [1.29, 1.82) is 0 Å². The van der Waals surface area contributed by atoms with Crippen LogP contribution in [0.1, 0.15) is 27.0 Å². The molecule has 1 N–H and O–H groups in total. The van der Waals surface area contributed by atoms with Crippen molar-refractivity contribution in [2.75, 3.05) is 7.11 Å². The van der Waals surface area contributed by atoms with Crippen LogP contribution in [0.4, 0.5) is 0 Å². The number of benzene rings is 2. The minimum Gasteiger partial charge on any atom is -0.496 e. The van der Waals surface area contributed by atoms with Crippen LogP contribution in [0.5, 0.6) is 5.75 Å². The molecule has 2 aromatic rings. The van der Waals surface area contributed by atoms with Gasteiger partial charge in [0.1, 0.15) is 5.75 Å². The van der Waals surface area contributed by atoms with Crippen molar-refractivity contribution in [3.63, 3.8) is 0 Å². The highest BCUT2D eigenvalue weighted by Gasteiger charge is 2.15. The number of ether oxygens (including phenoxy) is 1. The van der Waals surface area contributed by atoms with E-state index < -0.39 is 5.97 Å². The number of hydrogen-bond acceptors (Lipinski definition) is 2. The van der Waals surface area contributed by atoms with Crippen molar-refractivity contribution >= 4 is 5.97 Å². The molecule has 0 aliphatic heterocycles. The molecule has 3 heteroatoms. The number of carboxylic acid groups (broad SMARTS) is 1. The van der Waals surface area contributed by atoms with E-state index in [9.17, 15) is 9.90 Å². The van der Waals surface area contributed by atoms with Gasteiger partial charge in [-0.1, -0.05) is 17.7 Å². The molecule has 0 bridgehead atoms. The summed E-state index contributed by atoms with van der Waals surface area (Å²) in [5, 5.41) is 9.35. The third-order valence-corrected chi connectivity index (χ3v) is 3.44. The van der Waals surface area contributed by atoms with Gasteiger partial charge in [-0.3, -0.25) is 0 Å². The highest BCUT2D eigenvalue weighted by atomic mass is 16.5. The highest BCUT2D eigenvalue weighted by molar-refractivity contribution is 5.96. The molecule has 0 aliphatic carbocycles. The van der Waals surface area contributed by atoms with Crippen LogP contribution in [0.15, 0.2) is 30.3 Å². The fraction of sp³-hybridized carbons (Fsp3) is 0.235. The van der Waals surface area contributed by atoms with E-state index in [-0.39, 0.29) is 0 Å². The van der Waals surface area contributed by atoms with Crippen LogP contribution in [0, 0.1) is 20.8 Å². The van der Waals surface area contributed by atoms with Crippen LogP contribution in [-0.2, 0) is 0 Å². The van der Waals surface area contributed by atoms with Gasteiger partial charge in [0, 0.05) is 0 Å². The molecule has 0 saturated heterocycles. The summed E-state index contributed by atoms with van der Waals surface area (Å²) in [4.78, 5) is 11.4. The van der Waals surface area contributed by atoms with Gasteiger partial charge in [0.2, 0.25) is 0 Å². The summed E-state index contributed by atoms with van der Waals surface area (Å²) in [6.07, 6.45) is 0. The quantitative estimate of drug-likeness (QED) is 0.917. The third-order valence-electron chi connectivity index (χ3n) is 3.44. The smallest absolute Gasteiger partial charge is 0.336 e. The van der Waals surface area contributed by atoms with E-state index in [1.54, 1.807) is 13.2 Å². The first-order valence-electron chi connectivity index (χ1n) is 6.43. The standard InChI is InChI=1S/C17H18O3/c1-10-5-6-13(17(18)19)15(7-10)14-8-12(3)16(20-4)9-11(14)2/h5-9H,1-4H3,(H,18,19). The van der Waals surface area contributed by atoms with Crippen LogP contribution in [-0.4, -0.2) is 18.2 Å². The second-order valence-corrected chi connectivity index (χ2v) is 4.99. The van der Waals surface area contributed by atoms with Gasteiger partial charge in [-0.15, -0.1) is 0 Å². The van der Waals surface area contributed by atoms with E-state index in [1.807, 2.05) is 45.0 Å². The van der Waals surface area contributed by atoms with Crippen LogP contribution in [0.2, 0.25) is 0 Å². The lowest BCUT2D eigenvalue weighted by atomic mass is 9.93. The molecule has 0 saturated carbocycles. The zero-order valence-electron chi connectivity index (χ0n) is 12.2. The molecular formula is C17H18O3. The summed E-state index contributed by atoms with van der Waals surface area (Å²) in [6.45, 7) is 5.88. The Morgan fingerprint density at radius 1 is 1.00 bits per heavy atom. The fourth-order valence-corrected chi connectivity index (χ4v) is 2.37. The predicted molar refractivity (Wildman–Crippen MR) is 79.6 cm³/mol. The number of aromatic carboxylic acids is 1. The summed E-state index contributed by atoms with van der Waals surface area (Å²) in [5.74, 6) is -0.0938. The van der Waals surface area contributed by atoms with E-state index in [2.05, 4.69) is 0 Å². The van der Waals surface area contributed by atoms with Crippen LogP contribution < -0.4 is 4.74 Å². The molecule has 0 aromatic heterocycles. The predicted octanol–water partition coefficient (Wildman–Crippen LogP) is 3.99. The van der Waals surface area contributed by atoms with Gasteiger partial charge in [-0.05, 0) is 61.2 Å². The second-order valence-electron chi connectivity index (χ2n) is 4.99. The Bertz CT molecular complexity index is 672. The Morgan fingerprint density at radius 3 is 2.30 bits per heavy atom. The Balaban J connectivity index is 2.71. The summed E-state index contributed by atoms with van der Waals surface area (Å²) < 4.78 is 5.30. The molecule has 0 aliphatic rings. The maximum absolute atomic E-state index is 11.4. The normalized spacial score (nSPS) is 10.4. The minimum atomic E-state index is -0.909. The van der Waals surface area contributed by atoms with Crippen molar-refractivity contribution in [3.05, 3.63) is 52.6 Å². The van der Waals surface area contributed by atoms with Gasteiger partial charge in [0.05, 0.1) is 12.7 Å². The van der Waals surface area contributed by atoms with Crippen LogP contribution >= 0.6 is 0 Å². The fourth-order valence-electron chi connectivity index (χ4n) is 2.37. The number of methoxy groups -OCH3 is 1. The SMILES string of the molecule is COc1cc(C)c(-c2cc(C)ccc2C(=O)O)cc1C. The molecule has 0 radical (unpaired) electrons. The Labute approximate surface area is 118 Å². The first-order valence-corrected chi connectivity index (χ1v) is 6.43. The van der Waals surface area contributed by atoms with Crippen molar-refractivity contribution in [1.82, 2.24) is 0 Å². The number of carbonyl (C=O) groups is 1. The minimum absolute atomic E-state index is 0.322. The van der Waals surface area contributed by atoms with Gasteiger partial charge in [0.15, 0.2) is 0 Å². The van der Waals surface area contributed by atoms with E-state index in [1.165, 1.54) is 0 Å². The lowest BCUT2D eigenvalue weighted by Crippen LogP contribution is -2.01. The number of hydrogen-bond donors (Lipinski definition) is 1. The first kappa shape index (κ1) is 14.1. The first-order chi connectivity index (χ1) is 9.43. The summed E-state index contributed by atoms with van der Waals surface area (Å²) >= 11 is 0. The molecule has 0 spiro atoms. The van der Waals surface area contributed by atoms with Gasteiger partial charge in [-0.25, -0.2) is 4.79 Å². The van der Waals surface area contributed by atoms with Gasteiger partial charge in [0.25, 0.3) is 0 Å². The largest absolute Gasteiger partial charge is 0.496 e. The monoisotopic (exact) mass is 270 g/mol. The van der Waals surface area contributed by atoms with Gasteiger partial charge in [-0.2, -0.15) is 0 Å². The lowest BCUT2D eigenvalue weighted by molar-refractivity contribution is 0.0697. The second kappa shape index (κ2) is 5.37. The number of aryl methyl sites for hydroxylation is 3. The van der Waals surface area contributed by atoms with Gasteiger partial charge < -0.3 is 9.84 Å². The Morgan fingerprint density at radius 2 is 1.70 bits per heavy atom. The zero-order chi connectivity index (χ0) is 14.9. The Hall–Kier alpha value is -2.29. The van der Waals surface area contributed by atoms with E-state index in [0.717, 1.165) is 33.6 Å². The molecular weight excluding hydrogens is 252 g/mol. The average Bonchev–Trinajstić information content (AvgIpc) is 2.40. The summed E-state index contributed by atoms with van der Waals surface area (Å²) in [5.41, 5.74) is 5.04. The Kier molecular flexibility index (Phi) is 3.79. The lowest BCUT2D eigenvalue weighted by Gasteiger charge is -2.14. The third kappa shape index (κ3) is 2.52. The molecule has 0 heterocycles. The zero-order valence-corrected chi connectivity index (χ0v) is 12.2. The maximum Gasteiger partial charge on any atom is 0.336 e. The van der Waals surface area contributed by atoms with Crippen molar-refractivity contribution in [3.8, 4) is 16.9 Å². The molecule has 0 fully saturated rings. The number of carboxylic acids is 1. The highest BCUT2D eigenvalue weighted by Crippen LogP contribution is 2.32. The molecule has 20 heavy (non-hydrogen) atoms. The van der Waals surface area contributed by atoms with Crippen molar-refractivity contribution < 1.29 is 14.6 Å². The van der Waals surface area contributed by atoms with Crippen LogP contribution in [0.25, 0.3) is 11.1 Å². The van der Waals surface area contributed by atoms with Crippen molar-refractivity contribution in [2.24, 2.45) is 0 Å². The molecule has 2 rings (SSSR count). The van der Waals surface area contributed by atoms with Crippen molar-refractivity contribution in [2.45, 2.75) is 20.8 Å². The summed E-state index contributed by atoms with van der Waals surface area (Å²) in [7, 11) is 1.64.